The first-order valence-corrected chi connectivity index (χ1v) is 8.43. The number of carbonyl (C=O) groups is 1. The van der Waals surface area contributed by atoms with Crippen molar-refractivity contribution in [1.29, 1.82) is 0 Å². The van der Waals surface area contributed by atoms with Gasteiger partial charge in [-0.2, -0.15) is 0 Å². The Morgan fingerprint density at radius 3 is 2.71 bits per heavy atom. The van der Waals surface area contributed by atoms with Gasteiger partial charge >= 0.3 is 0 Å². The highest BCUT2D eigenvalue weighted by Crippen LogP contribution is 2.23. The SMILES string of the molecule is CCCCN(C)C(=O)c1cc(C)nc(Nc2cc(Cl)ccc2C)n1. The molecule has 1 N–H and O–H groups in total. The number of unbranched alkanes of at least 4 members (excludes halogenated alkanes) is 1. The van der Waals surface area contributed by atoms with Crippen LogP contribution in [0.3, 0.4) is 0 Å². The monoisotopic (exact) mass is 346 g/mol. The van der Waals surface area contributed by atoms with Crippen molar-refractivity contribution in [3.63, 3.8) is 0 Å². The summed E-state index contributed by atoms with van der Waals surface area (Å²) in [4.78, 5) is 22.9. The fourth-order valence-electron chi connectivity index (χ4n) is 2.28. The Balaban J connectivity index is 2.25. The van der Waals surface area contributed by atoms with Crippen LogP contribution in [0.5, 0.6) is 0 Å². The van der Waals surface area contributed by atoms with Gasteiger partial charge in [-0.05, 0) is 44.0 Å². The molecule has 128 valence electrons. The van der Waals surface area contributed by atoms with E-state index in [2.05, 4.69) is 22.2 Å². The molecule has 0 fully saturated rings. The molecule has 5 nitrogen and oxygen atoms in total. The lowest BCUT2D eigenvalue weighted by Crippen LogP contribution is -2.28. The third-order valence-electron chi connectivity index (χ3n) is 3.71. The van der Waals surface area contributed by atoms with Crippen molar-refractivity contribution in [3.8, 4) is 0 Å². The van der Waals surface area contributed by atoms with Gasteiger partial charge in [0.15, 0.2) is 0 Å². The van der Waals surface area contributed by atoms with Gasteiger partial charge in [0.1, 0.15) is 5.69 Å². The van der Waals surface area contributed by atoms with Crippen LogP contribution in [0.25, 0.3) is 0 Å². The third kappa shape index (κ3) is 4.68. The molecule has 1 heterocycles. The fraction of sp³-hybridized carbons (Fsp3) is 0.389. The average Bonchev–Trinajstić information content (AvgIpc) is 2.54. The Labute approximate surface area is 148 Å². The average molecular weight is 347 g/mol. The molecular formula is C18H23ClN4O. The first kappa shape index (κ1) is 18.2. The van der Waals surface area contributed by atoms with Gasteiger partial charge in [0.25, 0.3) is 5.91 Å². The van der Waals surface area contributed by atoms with Gasteiger partial charge in [-0.1, -0.05) is 31.0 Å². The lowest BCUT2D eigenvalue weighted by molar-refractivity contribution is 0.0787. The second-order valence-corrected chi connectivity index (χ2v) is 6.32. The molecular weight excluding hydrogens is 324 g/mol. The zero-order chi connectivity index (χ0) is 17.7. The highest BCUT2D eigenvalue weighted by Gasteiger charge is 2.15. The topological polar surface area (TPSA) is 58.1 Å². The predicted octanol–water partition coefficient (Wildman–Crippen LogP) is 4.36. The summed E-state index contributed by atoms with van der Waals surface area (Å²) in [5.41, 5.74) is 2.98. The van der Waals surface area contributed by atoms with Crippen molar-refractivity contribution < 1.29 is 4.79 Å². The molecule has 0 radical (unpaired) electrons. The van der Waals surface area contributed by atoms with Crippen LogP contribution in [0.4, 0.5) is 11.6 Å². The molecule has 24 heavy (non-hydrogen) atoms. The normalized spacial score (nSPS) is 10.5. The first-order valence-electron chi connectivity index (χ1n) is 8.05. The van der Waals surface area contributed by atoms with Gasteiger partial charge in [-0.25, -0.2) is 9.97 Å². The van der Waals surface area contributed by atoms with Crippen LogP contribution in [0.1, 0.15) is 41.5 Å². The summed E-state index contributed by atoms with van der Waals surface area (Å²) >= 11 is 6.04. The third-order valence-corrected chi connectivity index (χ3v) is 3.95. The molecule has 0 aliphatic heterocycles. The molecule has 1 aromatic heterocycles. The van der Waals surface area contributed by atoms with E-state index < -0.39 is 0 Å². The van der Waals surface area contributed by atoms with E-state index in [4.69, 9.17) is 11.6 Å². The van der Waals surface area contributed by atoms with Gasteiger partial charge in [-0.3, -0.25) is 4.79 Å². The molecule has 1 amide bonds. The fourth-order valence-corrected chi connectivity index (χ4v) is 2.45. The van der Waals surface area contributed by atoms with Crippen molar-refractivity contribution in [3.05, 3.63) is 46.2 Å². The Kier molecular flexibility index (Phi) is 6.15. The number of nitrogens with one attached hydrogen (secondary N) is 1. The summed E-state index contributed by atoms with van der Waals surface area (Å²) in [6, 6.07) is 7.28. The van der Waals surface area contributed by atoms with Crippen LogP contribution in [0.2, 0.25) is 5.02 Å². The molecule has 2 aromatic rings. The van der Waals surface area contributed by atoms with E-state index in [1.165, 1.54) is 0 Å². The van der Waals surface area contributed by atoms with Crippen molar-refractivity contribution in [2.75, 3.05) is 18.9 Å². The minimum absolute atomic E-state index is 0.0974. The summed E-state index contributed by atoms with van der Waals surface area (Å²) in [6.45, 7) is 6.64. The highest BCUT2D eigenvalue weighted by atomic mass is 35.5. The molecule has 0 saturated carbocycles. The molecule has 0 aliphatic rings. The van der Waals surface area contributed by atoms with E-state index in [1.54, 1.807) is 18.0 Å². The predicted molar refractivity (Wildman–Crippen MR) is 98.1 cm³/mol. The number of hydrogen-bond donors (Lipinski definition) is 1. The summed E-state index contributed by atoms with van der Waals surface area (Å²) in [5.74, 6) is 0.299. The summed E-state index contributed by atoms with van der Waals surface area (Å²) < 4.78 is 0. The highest BCUT2D eigenvalue weighted by molar-refractivity contribution is 6.30. The summed E-state index contributed by atoms with van der Waals surface area (Å²) in [5, 5.41) is 3.78. The molecule has 1 aromatic carbocycles. The Hall–Kier alpha value is -2.14. The largest absolute Gasteiger partial charge is 0.340 e. The number of aryl methyl sites for hydroxylation is 2. The van der Waals surface area contributed by atoms with Crippen molar-refractivity contribution >= 4 is 29.1 Å². The van der Waals surface area contributed by atoms with E-state index in [0.29, 0.717) is 23.2 Å². The van der Waals surface area contributed by atoms with Gasteiger partial charge < -0.3 is 10.2 Å². The van der Waals surface area contributed by atoms with Crippen LogP contribution < -0.4 is 5.32 Å². The maximum atomic E-state index is 12.5. The first-order chi connectivity index (χ1) is 11.4. The number of carbonyl (C=O) groups excluding carboxylic acids is 1. The van der Waals surface area contributed by atoms with Gasteiger partial charge in [0.05, 0.1) is 0 Å². The lowest BCUT2D eigenvalue weighted by Gasteiger charge is -2.17. The van der Waals surface area contributed by atoms with Gasteiger partial charge in [0, 0.05) is 30.0 Å². The summed E-state index contributed by atoms with van der Waals surface area (Å²) in [7, 11) is 1.80. The van der Waals surface area contributed by atoms with Crippen LogP contribution in [-0.4, -0.2) is 34.4 Å². The van der Waals surface area contributed by atoms with E-state index in [0.717, 1.165) is 29.8 Å². The zero-order valence-electron chi connectivity index (χ0n) is 14.6. The quantitative estimate of drug-likeness (QED) is 0.844. The number of hydrogen-bond acceptors (Lipinski definition) is 4. The minimum atomic E-state index is -0.0974. The van der Waals surface area contributed by atoms with Crippen LogP contribution >= 0.6 is 11.6 Å². The Morgan fingerprint density at radius 2 is 2.00 bits per heavy atom. The molecule has 0 spiro atoms. The number of benzene rings is 1. The van der Waals surface area contributed by atoms with Crippen molar-refractivity contribution in [1.82, 2.24) is 14.9 Å². The standard InChI is InChI=1S/C18H23ClN4O/c1-5-6-9-23(4)17(24)16-10-13(3)20-18(22-16)21-15-11-14(19)8-7-12(15)2/h7-8,10-11H,5-6,9H2,1-4H3,(H,20,21,22). The molecule has 2 rings (SSSR count). The minimum Gasteiger partial charge on any atom is -0.340 e. The lowest BCUT2D eigenvalue weighted by atomic mass is 10.2. The Bertz CT molecular complexity index is 733. The van der Waals surface area contributed by atoms with Crippen molar-refractivity contribution in [2.24, 2.45) is 0 Å². The van der Waals surface area contributed by atoms with E-state index >= 15 is 0 Å². The number of anilines is 2. The maximum absolute atomic E-state index is 12.5. The second kappa shape index (κ2) is 8.11. The van der Waals surface area contributed by atoms with Gasteiger partial charge in [0.2, 0.25) is 5.95 Å². The molecule has 0 unspecified atom stereocenters. The second-order valence-electron chi connectivity index (χ2n) is 5.88. The molecule has 0 saturated heterocycles. The molecule has 6 heteroatoms. The number of halogens is 1. The zero-order valence-corrected chi connectivity index (χ0v) is 15.3. The number of nitrogens with zero attached hydrogens (tertiary/aromatic N) is 3. The number of rotatable bonds is 6. The summed E-state index contributed by atoms with van der Waals surface area (Å²) in [6.07, 6.45) is 2.01. The van der Waals surface area contributed by atoms with Crippen LogP contribution in [0, 0.1) is 13.8 Å². The van der Waals surface area contributed by atoms with Crippen molar-refractivity contribution in [2.45, 2.75) is 33.6 Å². The number of aromatic nitrogens is 2. The van der Waals surface area contributed by atoms with E-state index in [9.17, 15) is 4.79 Å². The maximum Gasteiger partial charge on any atom is 0.272 e. The molecule has 0 aliphatic carbocycles. The van der Waals surface area contributed by atoms with Crippen LogP contribution in [-0.2, 0) is 0 Å². The van der Waals surface area contributed by atoms with E-state index in [1.807, 2.05) is 32.0 Å². The smallest absolute Gasteiger partial charge is 0.272 e. The van der Waals surface area contributed by atoms with E-state index in [-0.39, 0.29) is 5.91 Å². The van der Waals surface area contributed by atoms with Gasteiger partial charge in [-0.15, -0.1) is 0 Å². The molecule has 0 atom stereocenters. The molecule has 0 bridgehead atoms. The number of amides is 1. The Morgan fingerprint density at radius 1 is 1.25 bits per heavy atom. The van der Waals surface area contributed by atoms with Crippen LogP contribution in [0.15, 0.2) is 24.3 Å².